The number of pyridine rings is 1. The molecule has 0 aliphatic heterocycles. The Labute approximate surface area is 140 Å². The average Bonchev–Trinajstić information content (AvgIpc) is 2.58. The van der Waals surface area contributed by atoms with Crippen molar-refractivity contribution in [3.63, 3.8) is 0 Å². The van der Waals surface area contributed by atoms with Gasteiger partial charge in [-0.05, 0) is 42.7 Å². The standard InChI is InChI=1S/C18H22F3N3/c19-18(20,21)15-7-4-6-14(12-15)17(22)9-2-1-3-11-24-16-8-5-10-23-13-16/h4-8,10,12-13,17,24H,1-3,9,11,22H2/t17-/m0/s1. The van der Waals surface area contributed by atoms with Crippen LogP contribution in [-0.2, 0) is 6.18 Å². The monoisotopic (exact) mass is 337 g/mol. The second-order valence-electron chi connectivity index (χ2n) is 5.75. The number of rotatable bonds is 8. The summed E-state index contributed by atoms with van der Waals surface area (Å²) in [6.45, 7) is 0.838. The van der Waals surface area contributed by atoms with Gasteiger partial charge in [-0.25, -0.2) is 0 Å². The Hall–Kier alpha value is -2.08. The summed E-state index contributed by atoms with van der Waals surface area (Å²) < 4.78 is 38.1. The van der Waals surface area contributed by atoms with Crippen LogP contribution in [0.3, 0.4) is 0 Å². The van der Waals surface area contributed by atoms with E-state index in [0.717, 1.165) is 43.6 Å². The van der Waals surface area contributed by atoms with Crippen molar-refractivity contribution in [1.82, 2.24) is 4.98 Å². The second kappa shape index (κ2) is 8.68. The van der Waals surface area contributed by atoms with Crippen LogP contribution in [0.15, 0.2) is 48.8 Å². The van der Waals surface area contributed by atoms with Crippen LogP contribution in [0.1, 0.15) is 42.9 Å². The summed E-state index contributed by atoms with van der Waals surface area (Å²) in [7, 11) is 0. The van der Waals surface area contributed by atoms with Gasteiger partial charge in [0.1, 0.15) is 0 Å². The summed E-state index contributed by atoms with van der Waals surface area (Å²) in [5.41, 5.74) is 6.90. The molecule has 0 aliphatic carbocycles. The Kier molecular flexibility index (Phi) is 6.61. The minimum atomic E-state index is -4.33. The molecule has 2 aromatic rings. The highest BCUT2D eigenvalue weighted by Gasteiger charge is 2.30. The maximum Gasteiger partial charge on any atom is 0.416 e. The van der Waals surface area contributed by atoms with E-state index in [0.29, 0.717) is 12.0 Å². The van der Waals surface area contributed by atoms with Gasteiger partial charge in [0.25, 0.3) is 0 Å². The van der Waals surface area contributed by atoms with Crippen molar-refractivity contribution in [3.05, 3.63) is 59.9 Å². The van der Waals surface area contributed by atoms with E-state index in [4.69, 9.17) is 5.73 Å². The van der Waals surface area contributed by atoms with Gasteiger partial charge >= 0.3 is 6.18 Å². The first kappa shape index (κ1) is 18.3. The molecule has 0 saturated heterocycles. The van der Waals surface area contributed by atoms with Crippen molar-refractivity contribution in [2.45, 2.75) is 37.9 Å². The Morgan fingerprint density at radius 1 is 1.08 bits per heavy atom. The zero-order chi connectivity index (χ0) is 17.4. The van der Waals surface area contributed by atoms with Crippen molar-refractivity contribution in [3.8, 4) is 0 Å². The van der Waals surface area contributed by atoms with Crippen molar-refractivity contribution in [2.24, 2.45) is 5.73 Å². The second-order valence-corrected chi connectivity index (χ2v) is 5.75. The van der Waals surface area contributed by atoms with Crippen LogP contribution in [0.4, 0.5) is 18.9 Å². The van der Waals surface area contributed by atoms with E-state index in [1.54, 1.807) is 18.5 Å². The van der Waals surface area contributed by atoms with Crippen LogP contribution in [-0.4, -0.2) is 11.5 Å². The fourth-order valence-corrected chi connectivity index (χ4v) is 2.48. The van der Waals surface area contributed by atoms with Gasteiger partial charge in [-0.15, -0.1) is 0 Å². The molecule has 0 aliphatic rings. The van der Waals surface area contributed by atoms with Gasteiger partial charge in [-0.2, -0.15) is 13.2 Å². The lowest BCUT2D eigenvalue weighted by molar-refractivity contribution is -0.137. The van der Waals surface area contributed by atoms with E-state index in [1.807, 2.05) is 12.1 Å². The molecule has 1 aromatic carbocycles. The molecular weight excluding hydrogens is 315 g/mol. The van der Waals surface area contributed by atoms with E-state index in [-0.39, 0.29) is 6.04 Å². The van der Waals surface area contributed by atoms with Crippen LogP contribution in [0.2, 0.25) is 0 Å². The van der Waals surface area contributed by atoms with Crippen LogP contribution >= 0.6 is 0 Å². The SMILES string of the molecule is N[C@@H](CCCCCNc1cccnc1)c1cccc(C(F)(F)F)c1. The first-order valence-electron chi connectivity index (χ1n) is 8.03. The van der Waals surface area contributed by atoms with Crippen LogP contribution in [0, 0.1) is 0 Å². The van der Waals surface area contributed by atoms with E-state index >= 15 is 0 Å². The van der Waals surface area contributed by atoms with Crippen molar-refractivity contribution in [1.29, 1.82) is 0 Å². The molecule has 130 valence electrons. The summed E-state index contributed by atoms with van der Waals surface area (Å²) in [6, 6.07) is 8.75. The molecular formula is C18H22F3N3. The number of nitrogens with one attached hydrogen (secondary N) is 1. The summed E-state index contributed by atoms with van der Waals surface area (Å²) in [5, 5.41) is 3.27. The molecule has 0 saturated carbocycles. The fraction of sp³-hybridized carbons (Fsp3) is 0.389. The Morgan fingerprint density at radius 2 is 1.92 bits per heavy atom. The quantitative estimate of drug-likeness (QED) is 0.682. The Balaban J connectivity index is 1.69. The molecule has 3 N–H and O–H groups in total. The lowest BCUT2D eigenvalue weighted by Crippen LogP contribution is -2.12. The van der Waals surface area contributed by atoms with Gasteiger partial charge in [-0.3, -0.25) is 4.98 Å². The smallest absolute Gasteiger partial charge is 0.384 e. The number of halogens is 3. The molecule has 0 spiro atoms. The van der Waals surface area contributed by atoms with Gasteiger partial charge in [0, 0.05) is 25.0 Å². The molecule has 0 radical (unpaired) electrons. The van der Waals surface area contributed by atoms with Gasteiger partial charge in [-0.1, -0.05) is 25.0 Å². The summed E-state index contributed by atoms with van der Waals surface area (Å²) in [6.07, 6.45) is 2.67. The Morgan fingerprint density at radius 3 is 2.62 bits per heavy atom. The minimum absolute atomic E-state index is 0.362. The normalized spacial score (nSPS) is 12.8. The zero-order valence-corrected chi connectivity index (χ0v) is 13.4. The first-order chi connectivity index (χ1) is 11.5. The van der Waals surface area contributed by atoms with Crippen molar-refractivity contribution < 1.29 is 13.2 Å². The molecule has 0 fully saturated rings. The summed E-state index contributed by atoms with van der Waals surface area (Å²) >= 11 is 0. The van der Waals surface area contributed by atoms with Crippen LogP contribution in [0.25, 0.3) is 0 Å². The fourth-order valence-electron chi connectivity index (χ4n) is 2.48. The molecule has 1 aromatic heterocycles. The minimum Gasteiger partial charge on any atom is -0.384 e. The molecule has 3 nitrogen and oxygen atoms in total. The molecule has 1 atom stereocenters. The lowest BCUT2D eigenvalue weighted by Gasteiger charge is -2.14. The molecule has 0 unspecified atom stereocenters. The van der Waals surface area contributed by atoms with E-state index in [9.17, 15) is 13.2 Å². The number of unbranched alkanes of at least 4 members (excludes halogenated alkanes) is 2. The Bertz CT molecular complexity index is 614. The third-order valence-electron chi connectivity index (χ3n) is 3.82. The lowest BCUT2D eigenvalue weighted by atomic mass is 9.99. The predicted octanol–water partition coefficient (Wildman–Crippen LogP) is 4.77. The number of hydrogen-bond donors (Lipinski definition) is 2. The number of alkyl halides is 3. The number of aromatic nitrogens is 1. The van der Waals surface area contributed by atoms with Crippen LogP contribution in [0.5, 0.6) is 0 Å². The average molecular weight is 337 g/mol. The predicted molar refractivity (Wildman–Crippen MR) is 89.6 cm³/mol. The number of nitrogens with zero attached hydrogens (tertiary/aromatic N) is 1. The maximum absolute atomic E-state index is 12.7. The third kappa shape index (κ3) is 5.85. The molecule has 2 rings (SSSR count). The zero-order valence-electron chi connectivity index (χ0n) is 13.4. The highest BCUT2D eigenvalue weighted by Crippen LogP contribution is 2.31. The molecule has 6 heteroatoms. The van der Waals surface area contributed by atoms with Crippen molar-refractivity contribution in [2.75, 3.05) is 11.9 Å². The molecule has 0 bridgehead atoms. The van der Waals surface area contributed by atoms with Gasteiger partial charge in [0.05, 0.1) is 11.3 Å². The number of hydrogen-bond acceptors (Lipinski definition) is 3. The maximum atomic E-state index is 12.7. The molecule has 0 amide bonds. The number of anilines is 1. The van der Waals surface area contributed by atoms with Crippen LogP contribution < -0.4 is 11.1 Å². The van der Waals surface area contributed by atoms with E-state index < -0.39 is 11.7 Å². The topological polar surface area (TPSA) is 50.9 Å². The van der Waals surface area contributed by atoms with Gasteiger partial charge in [0.15, 0.2) is 0 Å². The van der Waals surface area contributed by atoms with E-state index in [1.165, 1.54) is 6.07 Å². The van der Waals surface area contributed by atoms with E-state index in [2.05, 4.69) is 10.3 Å². The highest BCUT2D eigenvalue weighted by atomic mass is 19.4. The molecule has 24 heavy (non-hydrogen) atoms. The highest BCUT2D eigenvalue weighted by molar-refractivity contribution is 5.39. The van der Waals surface area contributed by atoms with Gasteiger partial charge < -0.3 is 11.1 Å². The number of nitrogens with two attached hydrogens (primary N) is 1. The third-order valence-corrected chi connectivity index (χ3v) is 3.82. The van der Waals surface area contributed by atoms with Gasteiger partial charge in [0.2, 0.25) is 0 Å². The summed E-state index contributed by atoms with van der Waals surface area (Å²) in [4.78, 5) is 4.02. The first-order valence-corrected chi connectivity index (χ1v) is 8.03. The summed E-state index contributed by atoms with van der Waals surface area (Å²) in [5.74, 6) is 0. The largest absolute Gasteiger partial charge is 0.416 e. The molecule has 1 heterocycles. The van der Waals surface area contributed by atoms with Crippen molar-refractivity contribution >= 4 is 5.69 Å². The number of benzene rings is 1.